The molecule has 1 heterocycles. The lowest BCUT2D eigenvalue weighted by molar-refractivity contribution is -0.116. The Bertz CT molecular complexity index is 354. The Balaban J connectivity index is 2.35. The number of rotatable bonds is 4. The summed E-state index contributed by atoms with van der Waals surface area (Å²) in [5.74, 6) is 0.0102. The maximum Gasteiger partial charge on any atom is 0.407 e. The summed E-state index contributed by atoms with van der Waals surface area (Å²) in [6, 6.07) is -0.256. The van der Waals surface area contributed by atoms with Crippen LogP contribution in [0.3, 0.4) is 0 Å². The molecule has 0 aromatic rings. The lowest BCUT2D eigenvalue weighted by Crippen LogP contribution is -2.38. The van der Waals surface area contributed by atoms with Crippen molar-refractivity contribution in [3.8, 4) is 0 Å². The molecule has 1 rings (SSSR count). The van der Waals surface area contributed by atoms with Gasteiger partial charge >= 0.3 is 6.09 Å². The predicted molar refractivity (Wildman–Crippen MR) is 67.1 cm³/mol. The molecule has 0 fully saturated rings. The van der Waals surface area contributed by atoms with Crippen LogP contribution in [0.1, 0.15) is 40.5 Å². The number of alkyl carbamates (subject to hydrolysis) is 1. The van der Waals surface area contributed by atoms with Crippen molar-refractivity contribution in [3.05, 3.63) is 11.8 Å². The van der Waals surface area contributed by atoms with Gasteiger partial charge in [-0.25, -0.2) is 4.79 Å². The summed E-state index contributed by atoms with van der Waals surface area (Å²) in [5.41, 5.74) is 0.156. The van der Waals surface area contributed by atoms with Crippen LogP contribution in [0.15, 0.2) is 11.8 Å². The van der Waals surface area contributed by atoms with Crippen molar-refractivity contribution in [1.29, 1.82) is 0 Å². The second-order valence-corrected chi connectivity index (χ2v) is 5.44. The zero-order valence-electron chi connectivity index (χ0n) is 11.4. The highest BCUT2D eigenvalue weighted by Crippen LogP contribution is 2.14. The maximum atomic E-state index is 11.8. The first-order valence-corrected chi connectivity index (χ1v) is 6.11. The number of ether oxygens (including phenoxy) is 2. The van der Waals surface area contributed by atoms with E-state index in [1.165, 1.54) is 6.26 Å². The van der Waals surface area contributed by atoms with Gasteiger partial charge in [-0.05, 0) is 27.7 Å². The molecule has 1 atom stereocenters. The molecule has 1 aliphatic rings. The van der Waals surface area contributed by atoms with Crippen molar-refractivity contribution in [2.75, 3.05) is 6.61 Å². The number of hydrogen-bond donors (Lipinski definition) is 1. The Morgan fingerprint density at radius 3 is 2.67 bits per heavy atom. The second kappa shape index (κ2) is 5.89. The van der Waals surface area contributed by atoms with Crippen LogP contribution in [0, 0.1) is 0 Å². The number of carbonyl (C=O) groups is 2. The minimum absolute atomic E-state index is 0.0102. The standard InChI is InChI=1S/C13H21NO4/c1-9(14-12(16)18-13(2,3)4)7-11(15)10-5-6-17-8-10/h8-9H,5-7H2,1-4H3,(H,14,16)/t9-/m1/s1. The van der Waals surface area contributed by atoms with Crippen molar-refractivity contribution >= 4 is 11.9 Å². The van der Waals surface area contributed by atoms with E-state index in [1.54, 1.807) is 27.7 Å². The molecular formula is C13H21NO4. The van der Waals surface area contributed by atoms with E-state index >= 15 is 0 Å². The van der Waals surface area contributed by atoms with Crippen molar-refractivity contribution in [1.82, 2.24) is 5.32 Å². The first-order chi connectivity index (χ1) is 8.28. The van der Waals surface area contributed by atoms with Crippen molar-refractivity contribution in [3.63, 3.8) is 0 Å². The summed E-state index contributed by atoms with van der Waals surface area (Å²) in [7, 11) is 0. The number of amides is 1. The molecule has 0 unspecified atom stereocenters. The van der Waals surface area contributed by atoms with Crippen LogP contribution in [0.5, 0.6) is 0 Å². The summed E-state index contributed by atoms with van der Waals surface area (Å²) >= 11 is 0. The number of ketones is 1. The van der Waals surface area contributed by atoms with Gasteiger partial charge in [0.25, 0.3) is 0 Å². The lowest BCUT2D eigenvalue weighted by atomic mass is 10.0. The van der Waals surface area contributed by atoms with Gasteiger partial charge < -0.3 is 14.8 Å². The highest BCUT2D eigenvalue weighted by molar-refractivity contribution is 5.95. The van der Waals surface area contributed by atoms with Crippen LogP contribution >= 0.6 is 0 Å². The third-order valence-electron chi connectivity index (χ3n) is 2.33. The summed E-state index contributed by atoms with van der Waals surface area (Å²) in [6.45, 7) is 7.72. The molecule has 102 valence electrons. The third kappa shape index (κ3) is 5.21. The van der Waals surface area contributed by atoms with Gasteiger partial charge in [-0.15, -0.1) is 0 Å². The Hall–Kier alpha value is -1.52. The minimum Gasteiger partial charge on any atom is -0.500 e. The van der Waals surface area contributed by atoms with E-state index < -0.39 is 11.7 Å². The van der Waals surface area contributed by atoms with E-state index in [1.807, 2.05) is 0 Å². The van der Waals surface area contributed by atoms with Gasteiger partial charge in [0.2, 0.25) is 0 Å². The fourth-order valence-corrected chi connectivity index (χ4v) is 1.56. The Kier molecular flexibility index (Phi) is 4.76. The van der Waals surface area contributed by atoms with Crippen LogP contribution in [0.2, 0.25) is 0 Å². The third-order valence-corrected chi connectivity index (χ3v) is 2.33. The van der Waals surface area contributed by atoms with Crippen LogP contribution < -0.4 is 5.32 Å². The van der Waals surface area contributed by atoms with Crippen molar-refractivity contribution in [2.24, 2.45) is 0 Å². The lowest BCUT2D eigenvalue weighted by Gasteiger charge is -2.21. The highest BCUT2D eigenvalue weighted by atomic mass is 16.6. The molecule has 1 aliphatic heterocycles. The molecule has 0 bridgehead atoms. The molecule has 0 radical (unpaired) electrons. The van der Waals surface area contributed by atoms with Crippen LogP contribution in [0.4, 0.5) is 4.79 Å². The smallest absolute Gasteiger partial charge is 0.407 e. The van der Waals surface area contributed by atoms with Gasteiger partial charge in [-0.3, -0.25) is 4.79 Å². The monoisotopic (exact) mass is 255 g/mol. The van der Waals surface area contributed by atoms with Crippen LogP contribution in [-0.4, -0.2) is 30.1 Å². The number of carbonyl (C=O) groups excluding carboxylic acids is 2. The van der Waals surface area contributed by atoms with E-state index in [4.69, 9.17) is 9.47 Å². The summed E-state index contributed by atoms with van der Waals surface area (Å²) < 4.78 is 10.1. The number of hydrogen-bond acceptors (Lipinski definition) is 4. The summed E-state index contributed by atoms with van der Waals surface area (Å²) in [4.78, 5) is 23.3. The first-order valence-electron chi connectivity index (χ1n) is 6.11. The van der Waals surface area contributed by atoms with E-state index in [0.29, 0.717) is 18.6 Å². The van der Waals surface area contributed by atoms with Gasteiger partial charge in [0, 0.05) is 24.5 Å². The fraction of sp³-hybridized carbons (Fsp3) is 0.692. The Labute approximate surface area is 108 Å². The topological polar surface area (TPSA) is 64.6 Å². The van der Waals surface area contributed by atoms with Gasteiger partial charge in [0.05, 0.1) is 12.9 Å². The van der Waals surface area contributed by atoms with E-state index in [2.05, 4.69) is 5.32 Å². The van der Waals surface area contributed by atoms with Gasteiger partial charge in [-0.1, -0.05) is 0 Å². The quantitative estimate of drug-likeness (QED) is 0.836. The number of nitrogens with one attached hydrogen (secondary N) is 1. The molecule has 0 aromatic heterocycles. The largest absolute Gasteiger partial charge is 0.500 e. The molecule has 1 N–H and O–H groups in total. The SMILES string of the molecule is C[C@H](CC(=O)C1=COCC1)NC(=O)OC(C)(C)C. The van der Waals surface area contributed by atoms with Gasteiger partial charge in [-0.2, -0.15) is 0 Å². The first kappa shape index (κ1) is 14.5. The Morgan fingerprint density at radius 2 is 2.17 bits per heavy atom. The molecule has 5 heteroatoms. The highest BCUT2D eigenvalue weighted by Gasteiger charge is 2.21. The van der Waals surface area contributed by atoms with E-state index in [-0.39, 0.29) is 18.2 Å². The van der Waals surface area contributed by atoms with E-state index in [0.717, 1.165) is 0 Å². The second-order valence-electron chi connectivity index (χ2n) is 5.44. The molecule has 0 saturated carbocycles. The number of Topliss-reactive ketones (excluding diaryl/α,β-unsaturated/α-hetero) is 1. The molecule has 0 aliphatic carbocycles. The van der Waals surface area contributed by atoms with Gasteiger partial charge in [0.15, 0.2) is 5.78 Å². The summed E-state index contributed by atoms with van der Waals surface area (Å²) in [5, 5.41) is 2.64. The zero-order chi connectivity index (χ0) is 13.8. The normalized spacial score (nSPS) is 16.6. The zero-order valence-corrected chi connectivity index (χ0v) is 11.4. The average molecular weight is 255 g/mol. The van der Waals surface area contributed by atoms with Crippen LogP contribution in [0.25, 0.3) is 0 Å². The molecule has 0 saturated heterocycles. The minimum atomic E-state index is -0.532. The predicted octanol–water partition coefficient (Wildman–Crippen LogP) is 2.16. The van der Waals surface area contributed by atoms with Crippen molar-refractivity contribution in [2.45, 2.75) is 52.2 Å². The van der Waals surface area contributed by atoms with E-state index in [9.17, 15) is 9.59 Å². The molecular weight excluding hydrogens is 234 g/mol. The van der Waals surface area contributed by atoms with Crippen LogP contribution in [-0.2, 0) is 14.3 Å². The Morgan fingerprint density at radius 1 is 1.50 bits per heavy atom. The molecule has 0 spiro atoms. The molecule has 1 amide bonds. The average Bonchev–Trinajstić information content (AvgIpc) is 2.65. The van der Waals surface area contributed by atoms with Crippen molar-refractivity contribution < 1.29 is 19.1 Å². The maximum absolute atomic E-state index is 11.8. The fourth-order valence-electron chi connectivity index (χ4n) is 1.56. The molecule has 18 heavy (non-hydrogen) atoms. The molecule has 0 aromatic carbocycles. The van der Waals surface area contributed by atoms with Gasteiger partial charge in [0.1, 0.15) is 5.60 Å². The summed E-state index contributed by atoms with van der Waals surface area (Å²) in [6.07, 6.45) is 1.91. The molecule has 5 nitrogen and oxygen atoms in total.